The van der Waals surface area contributed by atoms with Gasteiger partial charge in [0, 0.05) is 5.02 Å². The Bertz CT molecular complexity index is 653. The summed E-state index contributed by atoms with van der Waals surface area (Å²) in [6, 6.07) is 6.56. The van der Waals surface area contributed by atoms with Gasteiger partial charge < -0.3 is 0 Å². The Morgan fingerprint density at radius 3 is 2.70 bits per heavy atom. The second-order valence-corrected chi connectivity index (χ2v) is 6.93. The number of hydrogen-bond donors (Lipinski definition) is 1. The lowest BCUT2D eigenvalue weighted by molar-refractivity contribution is -0.119. The molecule has 1 N–H and O–H groups in total. The van der Waals surface area contributed by atoms with Crippen molar-refractivity contribution < 1.29 is 13.2 Å². The van der Waals surface area contributed by atoms with Crippen molar-refractivity contribution >= 4 is 39.1 Å². The van der Waals surface area contributed by atoms with E-state index in [1.807, 2.05) is 10.8 Å². The molecular weight excluding hydrogens is 323 g/mol. The molecule has 0 saturated heterocycles. The van der Waals surface area contributed by atoms with Gasteiger partial charge in [0.1, 0.15) is 5.38 Å². The minimum atomic E-state index is -3.65. The van der Waals surface area contributed by atoms with Gasteiger partial charge in [-0.1, -0.05) is 17.7 Å². The first-order chi connectivity index (χ1) is 9.29. The number of amides is 1. The van der Waals surface area contributed by atoms with E-state index >= 15 is 0 Å². The van der Waals surface area contributed by atoms with Crippen LogP contribution in [0.25, 0.3) is 0 Å². The fraction of sp³-hybridized carbons (Fsp3) is 0.333. The van der Waals surface area contributed by atoms with Gasteiger partial charge in [0.25, 0.3) is 5.91 Å². The average molecular weight is 335 g/mol. The molecule has 1 amide bonds. The average Bonchev–Trinajstić information content (AvgIpc) is 2.40. The minimum absolute atomic E-state index is 0.0344. The van der Waals surface area contributed by atoms with E-state index in [-0.39, 0.29) is 12.2 Å². The fourth-order valence-electron chi connectivity index (χ4n) is 1.41. The topological polar surface area (TPSA) is 87.0 Å². The van der Waals surface area contributed by atoms with Gasteiger partial charge >= 0.3 is 0 Å². The first-order valence-electron chi connectivity index (χ1n) is 5.66. The summed E-state index contributed by atoms with van der Waals surface area (Å²) in [5.74, 6) is -1.03. The van der Waals surface area contributed by atoms with Crippen molar-refractivity contribution in [3.63, 3.8) is 0 Å². The smallest absolute Gasteiger partial charge is 0.251 e. The standard InChI is InChI=1S/C12H12Cl2N2O3S/c1-2-20(18,19)16-12(17)11(14)6-8-3-4-10(13)5-9(8)7-15/h3-5,11H,2,6H2,1H3,(H,16,17). The summed E-state index contributed by atoms with van der Waals surface area (Å²) in [7, 11) is -3.65. The molecule has 0 aromatic heterocycles. The highest BCUT2D eigenvalue weighted by Crippen LogP contribution is 2.18. The van der Waals surface area contributed by atoms with Crippen LogP contribution >= 0.6 is 23.2 Å². The molecule has 0 aliphatic heterocycles. The molecule has 0 spiro atoms. The van der Waals surface area contributed by atoms with Gasteiger partial charge in [0.2, 0.25) is 10.0 Å². The first-order valence-corrected chi connectivity index (χ1v) is 8.12. The molecule has 1 atom stereocenters. The Kier molecular flexibility index (Phi) is 5.81. The van der Waals surface area contributed by atoms with Crippen molar-refractivity contribution in [3.8, 4) is 6.07 Å². The number of benzene rings is 1. The number of nitrogens with zero attached hydrogens (tertiary/aromatic N) is 1. The van der Waals surface area contributed by atoms with E-state index in [1.54, 1.807) is 12.1 Å². The van der Waals surface area contributed by atoms with Crippen LogP contribution in [0.2, 0.25) is 5.02 Å². The van der Waals surface area contributed by atoms with Crippen LogP contribution in [-0.2, 0) is 21.2 Å². The number of hydrogen-bond acceptors (Lipinski definition) is 4. The normalized spacial score (nSPS) is 12.5. The third kappa shape index (κ3) is 4.67. The summed E-state index contributed by atoms with van der Waals surface area (Å²) in [4.78, 5) is 11.7. The van der Waals surface area contributed by atoms with Crippen LogP contribution < -0.4 is 4.72 Å². The van der Waals surface area contributed by atoms with Crippen LogP contribution in [-0.4, -0.2) is 25.5 Å². The van der Waals surface area contributed by atoms with Gasteiger partial charge in [-0.25, -0.2) is 8.42 Å². The second-order valence-electron chi connectivity index (χ2n) is 3.95. The van der Waals surface area contributed by atoms with E-state index in [0.29, 0.717) is 16.1 Å². The molecule has 0 bridgehead atoms. The zero-order chi connectivity index (χ0) is 15.3. The number of rotatable bonds is 5. The van der Waals surface area contributed by atoms with E-state index in [1.165, 1.54) is 13.0 Å². The van der Waals surface area contributed by atoms with E-state index in [2.05, 4.69) is 0 Å². The van der Waals surface area contributed by atoms with Crippen LogP contribution in [0.4, 0.5) is 0 Å². The van der Waals surface area contributed by atoms with Gasteiger partial charge in [-0.05, 0) is 31.0 Å². The summed E-state index contributed by atoms with van der Waals surface area (Å²) in [5.41, 5.74) is 0.829. The lowest BCUT2D eigenvalue weighted by atomic mass is 10.0. The molecule has 1 unspecified atom stereocenters. The fourth-order valence-corrected chi connectivity index (χ4v) is 2.46. The van der Waals surface area contributed by atoms with Gasteiger partial charge in [-0.15, -0.1) is 11.6 Å². The molecule has 5 nitrogen and oxygen atoms in total. The van der Waals surface area contributed by atoms with Crippen LogP contribution in [0, 0.1) is 11.3 Å². The molecular formula is C12H12Cl2N2O3S. The van der Waals surface area contributed by atoms with Crippen LogP contribution in [0.1, 0.15) is 18.1 Å². The zero-order valence-corrected chi connectivity index (χ0v) is 12.9. The summed E-state index contributed by atoms with van der Waals surface area (Å²) in [6.07, 6.45) is 0.0344. The number of sulfonamides is 1. The highest BCUT2D eigenvalue weighted by atomic mass is 35.5. The highest BCUT2D eigenvalue weighted by Gasteiger charge is 2.21. The molecule has 8 heteroatoms. The summed E-state index contributed by atoms with van der Waals surface area (Å²) < 4.78 is 24.4. The van der Waals surface area contributed by atoms with Gasteiger partial charge in [0.15, 0.2) is 0 Å². The predicted molar refractivity (Wildman–Crippen MR) is 77.1 cm³/mol. The van der Waals surface area contributed by atoms with E-state index in [0.717, 1.165) is 0 Å². The molecule has 0 saturated carbocycles. The van der Waals surface area contributed by atoms with E-state index in [9.17, 15) is 13.2 Å². The molecule has 0 aliphatic carbocycles. The zero-order valence-electron chi connectivity index (χ0n) is 10.6. The third-order valence-corrected chi connectivity index (χ3v) is 4.37. The third-order valence-electron chi connectivity index (χ3n) is 2.51. The Balaban J connectivity index is 2.84. The van der Waals surface area contributed by atoms with Crippen molar-refractivity contribution in [1.29, 1.82) is 5.26 Å². The number of halogens is 2. The summed E-state index contributed by atoms with van der Waals surface area (Å²) >= 11 is 11.6. The maximum Gasteiger partial charge on any atom is 0.251 e. The lowest BCUT2D eigenvalue weighted by Crippen LogP contribution is -2.38. The quantitative estimate of drug-likeness (QED) is 0.832. The Morgan fingerprint density at radius 2 is 2.15 bits per heavy atom. The molecule has 20 heavy (non-hydrogen) atoms. The second kappa shape index (κ2) is 6.93. The molecule has 0 radical (unpaired) electrons. The molecule has 1 aromatic rings. The predicted octanol–water partition coefficient (Wildman–Crippen LogP) is 1.83. The molecule has 1 rings (SSSR count). The molecule has 1 aromatic carbocycles. The monoisotopic (exact) mass is 334 g/mol. The van der Waals surface area contributed by atoms with Gasteiger partial charge in [0.05, 0.1) is 17.4 Å². The number of nitrogens with one attached hydrogen (secondary N) is 1. The van der Waals surface area contributed by atoms with Crippen molar-refractivity contribution in [3.05, 3.63) is 34.3 Å². The molecule has 0 heterocycles. The maximum atomic E-state index is 11.7. The van der Waals surface area contributed by atoms with Gasteiger partial charge in [-0.2, -0.15) is 5.26 Å². The largest absolute Gasteiger partial charge is 0.272 e. The number of carbonyl (C=O) groups excluding carboxylic acids is 1. The Hall–Kier alpha value is -1.29. The van der Waals surface area contributed by atoms with E-state index < -0.39 is 21.3 Å². The summed E-state index contributed by atoms with van der Waals surface area (Å²) in [5, 5.41) is 8.28. The highest BCUT2D eigenvalue weighted by molar-refractivity contribution is 7.90. The van der Waals surface area contributed by atoms with Crippen molar-refractivity contribution in [2.45, 2.75) is 18.7 Å². The van der Waals surface area contributed by atoms with Gasteiger partial charge in [-0.3, -0.25) is 9.52 Å². The van der Waals surface area contributed by atoms with E-state index in [4.69, 9.17) is 28.5 Å². The molecule has 0 fully saturated rings. The van der Waals surface area contributed by atoms with Crippen molar-refractivity contribution in [2.24, 2.45) is 0 Å². The lowest BCUT2D eigenvalue weighted by Gasteiger charge is -2.11. The summed E-state index contributed by atoms with van der Waals surface area (Å²) in [6.45, 7) is 1.41. The van der Waals surface area contributed by atoms with Crippen molar-refractivity contribution in [1.82, 2.24) is 4.72 Å². The Labute approximate surface area is 127 Å². The number of alkyl halides is 1. The maximum absolute atomic E-state index is 11.7. The SMILES string of the molecule is CCS(=O)(=O)NC(=O)C(Cl)Cc1ccc(Cl)cc1C#N. The molecule has 108 valence electrons. The van der Waals surface area contributed by atoms with Crippen molar-refractivity contribution in [2.75, 3.05) is 5.75 Å². The van der Waals surface area contributed by atoms with Crippen LogP contribution in [0.15, 0.2) is 18.2 Å². The molecule has 0 aliphatic rings. The minimum Gasteiger partial charge on any atom is -0.272 e. The first kappa shape index (κ1) is 16.8. The van der Waals surface area contributed by atoms with Crippen LogP contribution in [0.5, 0.6) is 0 Å². The van der Waals surface area contributed by atoms with Crippen LogP contribution in [0.3, 0.4) is 0 Å². The Morgan fingerprint density at radius 1 is 1.50 bits per heavy atom. The number of carbonyl (C=O) groups is 1. The number of nitriles is 1.